The Morgan fingerprint density at radius 1 is 1.29 bits per heavy atom. The van der Waals surface area contributed by atoms with Crippen molar-refractivity contribution in [2.24, 2.45) is 5.41 Å². The number of carbonyl (C=O) groups excluding carboxylic acids is 1. The second-order valence-electron chi connectivity index (χ2n) is 5.73. The molecule has 0 bridgehead atoms. The zero-order valence-electron chi connectivity index (χ0n) is 12.7. The first kappa shape index (κ1) is 18.6. The van der Waals surface area contributed by atoms with Gasteiger partial charge >= 0.3 is 11.5 Å². The molecule has 1 aromatic rings. The number of carboxylic acid groups (broad SMARTS) is 1. The van der Waals surface area contributed by atoms with Crippen molar-refractivity contribution in [3.05, 3.63) is 23.9 Å². The van der Waals surface area contributed by atoms with Gasteiger partial charge in [-0.2, -0.15) is 13.2 Å². The van der Waals surface area contributed by atoms with E-state index in [1.165, 1.54) is 18.3 Å². The Kier molecular flexibility index (Phi) is 5.74. The number of nitrogens with one attached hydrogen (secondary N) is 1. The Labute approximate surface area is 141 Å². The molecule has 1 saturated carbocycles. The number of rotatable bonds is 5. The van der Waals surface area contributed by atoms with E-state index >= 15 is 0 Å². The van der Waals surface area contributed by atoms with E-state index in [-0.39, 0.29) is 12.1 Å². The van der Waals surface area contributed by atoms with E-state index in [2.05, 4.69) is 10.3 Å². The standard InChI is InChI=1S/C15H17F3N2O3S/c16-15(17,18)24-12-10(5-4-8-19-12)11(21)20-9-14(13(22)23)6-2-1-3-7-14/h4-5,8H,1-3,6-7,9H2,(H,20,21)(H,22,23). The predicted molar refractivity (Wildman–Crippen MR) is 81.6 cm³/mol. The third kappa shape index (κ3) is 4.62. The first-order valence-corrected chi connectivity index (χ1v) is 8.27. The van der Waals surface area contributed by atoms with Crippen LogP contribution in [-0.2, 0) is 4.79 Å². The minimum absolute atomic E-state index is 0.105. The molecule has 0 unspecified atom stereocenters. The molecule has 5 nitrogen and oxygen atoms in total. The van der Waals surface area contributed by atoms with Gasteiger partial charge in [-0.3, -0.25) is 9.59 Å². The number of hydrogen-bond acceptors (Lipinski definition) is 4. The number of carbonyl (C=O) groups is 2. The fourth-order valence-corrected chi connectivity index (χ4v) is 3.40. The highest BCUT2D eigenvalue weighted by molar-refractivity contribution is 8.00. The second-order valence-corrected chi connectivity index (χ2v) is 6.79. The number of aliphatic carboxylic acids is 1. The molecular formula is C15H17F3N2O3S. The van der Waals surface area contributed by atoms with Crippen molar-refractivity contribution in [2.75, 3.05) is 6.54 Å². The van der Waals surface area contributed by atoms with Crippen molar-refractivity contribution in [2.45, 2.75) is 42.6 Å². The normalized spacial score (nSPS) is 17.3. The van der Waals surface area contributed by atoms with Crippen molar-refractivity contribution in [1.29, 1.82) is 0 Å². The molecule has 2 N–H and O–H groups in total. The van der Waals surface area contributed by atoms with Gasteiger partial charge in [-0.25, -0.2) is 4.98 Å². The van der Waals surface area contributed by atoms with Gasteiger partial charge in [0.15, 0.2) is 0 Å². The van der Waals surface area contributed by atoms with Crippen LogP contribution in [0, 0.1) is 5.41 Å². The number of halogens is 3. The first-order valence-electron chi connectivity index (χ1n) is 7.46. The number of carboxylic acids is 1. The van der Waals surface area contributed by atoms with E-state index in [9.17, 15) is 27.9 Å². The lowest BCUT2D eigenvalue weighted by molar-refractivity contribution is -0.150. The second kappa shape index (κ2) is 7.42. The fourth-order valence-electron chi connectivity index (χ4n) is 2.79. The van der Waals surface area contributed by atoms with Crippen molar-refractivity contribution in [3.8, 4) is 0 Å². The smallest absolute Gasteiger partial charge is 0.447 e. The number of nitrogens with zero attached hydrogens (tertiary/aromatic N) is 1. The summed E-state index contributed by atoms with van der Waals surface area (Å²) < 4.78 is 37.6. The molecule has 1 aliphatic carbocycles. The van der Waals surface area contributed by atoms with Gasteiger partial charge in [0.25, 0.3) is 5.91 Å². The quantitative estimate of drug-likeness (QED) is 0.784. The summed E-state index contributed by atoms with van der Waals surface area (Å²) >= 11 is -0.466. The van der Waals surface area contributed by atoms with E-state index < -0.39 is 39.6 Å². The van der Waals surface area contributed by atoms with Crippen molar-refractivity contribution >= 4 is 23.6 Å². The maximum atomic E-state index is 12.5. The van der Waals surface area contributed by atoms with Gasteiger partial charge in [-0.1, -0.05) is 19.3 Å². The monoisotopic (exact) mass is 362 g/mol. The summed E-state index contributed by atoms with van der Waals surface area (Å²) in [6.07, 6.45) is 4.51. The minimum atomic E-state index is -4.56. The molecule has 1 aliphatic rings. The SMILES string of the molecule is O=C(NCC1(C(=O)O)CCCCC1)c1cccnc1SC(F)(F)F. The summed E-state index contributed by atoms with van der Waals surface area (Å²) in [6.45, 7) is -0.105. The Morgan fingerprint density at radius 2 is 1.96 bits per heavy atom. The van der Waals surface area contributed by atoms with Crippen LogP contribution in [0.4, 0.5) is 13.2 Å². The Hall–Kier alpha value is -1.77. The first-order chi connectivity index (χ1) is 11.2. The molecule has 9 heteroatoms. The van der Waals surface area contributed by atoms with Crippen LogP contribution in [0.25, 0.3) is 0 Å². The Bertz CT molecular complexity index is 616. The molecule has 0 aliphatic heterocycles. The zero-order chi connectivity index (χ0) is 17.8. The van der Waals surface area contributed by atoms with Crippen LogP contribution in [-0.4, -0.2) is 34.0 Å². The summed E-state index contributed by atoms with van der Waals surface area (Å²) in [7, 11) is 0. The van der Waals surface area contributed by atoms with Crippen LogP contribution in [0.15, 0.2) is 23.4 Å². The number of pyridine rings is 1. The summed E-state index contributed by atoms with van der Waals surface area (Å²) in [6, 6.07) is 2.60. The third-order valence-electron chi connectivity index (χ3n) is 4.08. The summed E-state index contributed by atoms with van der Waals surface area (Å²) in [4.78, 5) is 27.4. The van der Waals surface area contributed by atoms with Crippen LogP contribution >= 0.6 is 11.8 Å². The molecule has 132 valence electrons. The average molecular weight is 362 g/mol. The highest BCUT2D eigenvalue weighted by Crippen LogP contribution is 2.38. The Balaban J connectivity index is 2.11. The number of hydrogen-bond donors (Lipinski definition) is 2. The molecule has 24 heavy (non-hydrogen) atoms. The molecule has 1 heterocycles. The van der Waals surface area contributed by atoms with Crippen molar-refractivity contribution < 1.29 is 27.9 Å². The minimum Gasteiger partial charge on any atom is -0.481 e. The predicted octanol–water partition coefficient (Wildman–Crippen LogP) is 3.46. The van der Waals surface area contributed by atoms with E-state index in [1.807, 2.05) is 0 Å². The van der Waals surface area contributed by atoms with Gasteiger partial charge in [0, 0.05) is 24.5 Å². The third-order valence-corrected chi connectivity index (χ3v) is 4.83. The number of thioether (sulfide) groups is 1. The molecule has 1 aromatic heterocycles. The van der Waals surface area contributed by atoms with E-state index in [1.54, 1.807) is 0 Å². The number of alkyl halides is 3. The summed E-state index contributed by atoms with van der Waals surface area (Å²) in [5.74, 6) is -1.74. The molecule has 0 spiro atoms. The van der Waals surface area contributed by atoms with Gasteiger partial charge < -0.3 is 10.4 Å². The van der Waals surface area contributed by atoms with Gasteiger partial charge in [-0.05, 0) is 25.0 Å². The molecule has 1 fully saturated rings. The van der Waals surface area contributed by atoms with Crippen LogP contribution in [0.1, 0.15) is 42.5 Å². The highest BCUT2D eigenvalue weighted by atomic mass is 32.2. The van der Waals surface area contributed by atoms with Gasteiger partial charge in [0.1, 0.15) is 5.03 Å². The van der Waals surface area contributed by atoms with E-state index in [0.717, 1.165) is 19.3 Å². The summed E-state index contributed by atoms with van der Waals surface area (Å²) in [5, 5.41) is 11.5. The summed E-state index contributed by atoms with van der Waals surface area (Å²) in [5.41, 5.74) is -5.82. The van der Waals surface area contributed by atoms with E-state index in [0.29, 0.717) is 12.8 Å². The van der Waals surface area contributed by atoms with Gasteiger partial charge in [0.2, 0.25) is 0 Å². The molecule has 1 amide bonds. The molecular weight excluding hydrogens is 345 g/mol. The van der Waals surface area contributed by atoms with Crippen LogP contribution in [0.2, 0.25) is 0 Å². The lowest BCUT2D eigenvalue weighted by Crippen LogP contribution is -2.44. The molecule has 0 saturated heterocycles. The topological polar surface area (TPSA) is 79.3 Å². The van der Waals surface area contributed by atoms with Crippen molar-refractivity contribution in [3.63, 3.8) is 0 Å². The average Bonchev–Trinajstić information content (AvgIpc) is 2.52. The highest BCUT2D eigenvalue weighted by Gasteiger charge is 2.40. The zero-order valence-corrected chi connectivity index (χ0v) is 13.5. The lowest BCUT2D eigenvalue weighted by Gasteiger charge is -2.33. The van der Waals surface area contributed by atoms with Crippen LogP contribution in [0.5, 0.6) is 0 Å². The van der Waals surface area contributed by atoms with Gasteiger partial charge in [-0.15, -0.1) is 0 Å². The molecule has 0 atom stereocenters. The largest absolute Gasteiger partial charge is 0.481 e. The maximum Gasteiger partial charge on any atom is 0.447 e. The molecule has 0 aromatic carbocycles. The lowest BCUT2D eigenvalue weighted by atomic mass is 9.74. The molecule has 2 rings (SSSR count). The Morgan fingerprint density at radius 3 is 2.54 bits per heavy atom. The van der Waals surface area contributed by atoms with Gasteiger partial charge in [0.05, 0.1) is 11.0 Å². The van der Waals surface area contributed by atoms with Crippen LogP contribution < -0.4 is 5.32 Å². The fraction of sp³-hybridized carbons (Fsp3) is 0.533. The molecule has 0 radical (unpaired) electrons. The van der Waals surface area contributed by atoms with Crippen LogP contribution in [0.3, 0.4) is 0 Å². The van der Waals surface area contributed by atoms with E-state index in [4.69, 9.17) is 0 Å². The number of amides is 1. The number of aromatic nitrogens is 1. The van der Waals surface area contributed by atoms with Crippen molar-refractivity contribution in [1.82, 2.24) is 10.3 Å². The maximum absolute atomic E-state index is 12.5.